The third-order valence-electron chi connectivity index (χ3n) is 3.88. The largest absolute Gasteiger partial charge is 0.494 e. The molecule has 4 heteroatoms. The molecular formula is C16H22FNO2. The molecule has 1 aliphatic heterocycles. The van der Waals surface area contributed by atoms with Crippen LogP contribution in [0, 0.1) is 11.7 Å². The first kappa shape index (κ1) is 15.0. The second-order valence-electron chi connectivity index (χ2n) is 5.40. The molecule has 1 unspecified atom stereocenters. The van der Waals surface area contributed by atoms with Crippen LogP contribution in [0.15, 0.2) is 18.2 Å². The standard InChI is InChI=1S/C16H22FNO2/c1-20-15-6-2-5-13(16(15)17)10-14(19)8-7-12-4-3-9-18-11-12/h2,5-6,12,18H,3-4,7-11H2,1H3. The van der Waals surface area contributed by atoms with Crippen LogP contribution < -0.4 is 10.1 Å². The lowest BCUT2D eigenvalue weighted by Gasteiger charge is -2.22. The molecule has 0 radical (unpaired) electrons. The Bertz CT molecular complexity index is 456. The highest BCUT2D eigenvalue weighted by atomic mass is 19.1. The van der Waals surface area contributed by atoms with Gasteiger partial charge in [0.05, 0.1) is 7.11 Å². The first-order valence-electron chi connectivity index (χ1n) is 7.24. The van der Waals surface area contributed by atoms with Gasteiger partial charge in [-0.15, -0.1) is 0 Å². The van der Waals surface area contributed by atoms with E-state index < -0.39 is 5.82 Å². The molecule has 110 valence electrons. The van der Waals surface area contributed by atoms with Crippen molar-refractivity contribution < 1.29 is 13.9 Å². The molecule has 1 fully saturated rings. The first-order chi connectivity index (χ1) is 9.70. The van der Waals surface area contributed by atoms with E-state index in [1.165, 1.54) is 20.0 Å². The van der Waals surface area contributed by atoms with E-state index in [0.717, 1.165) is 19.5 Å². The van der Waals surface area contributed by atoms with E-state index in [1.54, 1.807) is 18.2 Å². The van der Waals surface area contributed by atoms with Crippen LogP contribution in [-0.4, -0.2) is 26.0 Å². The lowest BCUT2D eigenvalue weighted by molar-refractivity contribution is -0.118. The molecule has 1 saturated heterocycles. The number of hydrogen-bond donors (Lipinski definition) is 1. The second-order valence-corrected chi connectivity index (χ2v) is 5.40. The molecule has 1 N–H and O–H groups in total. The van der Waals surface area contributed by atoms with Gasteiger partial charge in [-0.25, -0.2) is 4.39 Å². The van der Waals surface area contributed by atoms with Crippen LogP contribution in [0.3, 0.4) is 0 Å². The molecule has 0 spiro atoms. The molecule has 0 aromatic heterocycles. The fourth-order valence-electron chi connectivity index (χ4n) is 2.69. The summed E-state index contributed by atoms with van der Waals surface area (Å²) in [5.74, 6) is 0.472. The summed E-state index contributed by atoms with van der Waals surface area (Å²) in [4.78, 5) is 12.0. The van der Waals surface area contributed by atoms with Gasteiger partial charge in [-0.2, -0.15) is 0 Å². The molecular weight excluding hydrogens is 257 g/mol. The Hall–Kier alpha value is -1.42. The monoisotopic (exact) mass is 279 g/mol. The van der Waals surface area contributed by atoms with Gasteiger partial charge in [-0.05, 0) is 49.9 Å². The van der Waals surface area contributed by atoms with Crippen molar-refractivity contribution in [1.29, 1.82) is 0 Å². The SMILES string of the molecule is COc1cccc(CC(=O)CCC2CCCNC2)c1F. The third kappa shape index (κ3) is 4.04. The molecule has 1 aromatic carbocycles. The Balaban J connectivity index is 1.84. The molecule has 0 amide bonds. The Labute approximate surface area is 119 Å². The van der Waals surface area contributed by atoms with Crippen LogP contribution in [-0.2, 0) is 11.2 Å². The molecule has 3 nitrogen and oxygen atoms in total. The van der Waals surface area contributed by atoms with Crippen LogP contribution in [0.2, 0.25) is 0 Å². The number of nitrogens with one attached hydrogen (secondary N) is 1. The third-order valence-corrected chi connectivity index (χ3v) is 3.88. The highest BCUT2D eigenvalue weighted by molar-refractivity contribution is 5.81. The fraction of sp³-hybridized carbons (Fsp3) is 0.562. The van der Waals surface area contributed by atoms with Crippen molar-refractivity contribution in [1.82, 2.24) is 5.32 Å². The van der Waals surface area contributed by atoms with Gasteiger partial charge in [-0.1, -0.05) is 12.1 Å². The van der Waals surface area contributed by atoms with Gasteiger partial charge < -0.3 is 10.1 Å². The number of rotatable bonds is 6. The van der Waals surface area contributed by atoms with Crippen molar-refractivity contribution in [2.75, 3.05) is 20.2 Å². The van der Waals surface area contributed by atoms with E-state index in [4.69, 9.17) is 4.74 Å². The molecule has 0 saturated carbocycles. The van der Waals surface area contributed by atoms with Crippen molar-refractivity contribution in [3.63, 3.8) is 0 Å². The number of carbonyl (C=O) groups is 1. The maximum absolute atomic E-state index is 13.9. The predicted octanol–water partition coefficient (Wildman–Crippen LogP) is 2.73. The minimum absolute atomic E-state index is 0.0997. The van der Waals surface area contributed by atoms with Gasteiger partial charge in [0.15, 0.2) is 11.6 Å². The summed E-state index contributed by atoms with van der Waals surface area (Å²) in [6.07, 6.45) is 3.96. The number of methoxy groups -OCH3 is 1. The normalized spacial score (nSPS) is 18.8. The molecule has 20 heavy (non-hydrogen) atoms. The summed E-state index contributed by atoms with van der Waals surface area (Å²) < 4.78 is 18.9. The topological polar surface area (TPSA) is 38.3 Å². The zero-order valence-corrected chi connectivity index (χ0v) is 12.0. The molecule has 1 atom stereocenters. The van der Waals surface area contributed by atoms with E-state index in [9.17, 15) is 9.18 Å². The molecule has 1 heterocycles. The smallest absolute Gasteiger partial charge is 0.168 e. The number of piperidine rings is 1. The quantitative estimate of drug-likeness (QED) is 0.870. The van der Waals surface area contributed by atoms with Crippen LogP contribution in [0.25, 0.3) is 0 Å². The second kappa shape index (κ2) is 7.39. The lowest BCUT2D eigenvalue weighted by Crippen LogP contribution is -2.30. The van der Waals surface area contributed by atoms with Gasteiger partial charge in [0.25, 0.3) is 0 Å². The zero-order chi connectivity index (χ0) is 14.4. The number of halogens is 1. The highest BCUT2D eigenvalue weighted by Gasteiger charge is 2.16. The summed E-state index contributed by atoms with van der Waals surface area (Å²) in [7, 11) is 1.43. The summed E-state index contributed by atoms with van der Waals surface area (Å²) in [6, 6.07) is 4.94. The number of ketones is 1. The Kier molecular flexibility index (Phi) is 5.53. The van der Waals surface area contributed by atoms with E-state index >= 15 is 0 Å². The first-order valence-corrected chi connectivity index (χ1v) is 7.24. The lowest BCUT2D eigenvalue weighted by atomic mass is 9.92. The Morgan fingerprint density at radius 1 is 1.50 bits per heavy atom. The summed E-state index contributed by atoms with van der Waals surface area (Å²) in [6.45, 7) is 2.08. The van der Waals surface area contributed by atoms with Gasteiger partial charge in [0, 0.05) is 12.8 Å². The number of hydrogen-bond acceptors (Lipinski definition) is 3. The van der Waals surface area contributed by atoms with Crippen molar-refractivity contribution >= 4 is 5.78 Å². The minimum Gasteiger partial charge on any atom is -0.494 e. The molecule has 2 rings (SSSR count). The Morgan fingerprint density at radius 2 is 2.35 bits per heavy atom. The average molecular weight is 279 g/mol. The van der Waals surface area contributed by atoms with Crippen LogP contribution in [0.1, 0.15) is 31.2 Å². The number of Topliss-reactive ketones (excluding diaryl/α,β-unsaturated/α-hetero) is 1. The van der Waals surface area contributed by atoms with E-state index in [-0.39, 0.29) is 18.0 Å². The number of benzene rings is 1. The van der Waals surface area contributed by atoms with E-state index in [2.05, 4.69) is 5.32 Å². The van der Waals surface area contributed by atoms with Gasteiger partial charge in [0.2, 0.25) is 0 Å². The maximum Gasteiger partial charge on any atom is 0.168 e. The van der Waals surface area contributed by atoms with Crippen LogP contribution in [0.5, 0.6) is 5.75 Å². The van der Waals surface area contributed by atoms with Gasteiger partial charge >= 0.3 is 0 Å². The summed E-state index contributed by atoms with van der Waals surface area (Å²) >= 11 is 0. The van der Waals surface area contributed by atoms with Crippen molar-refractivity contribution in [2.24, 2.45) is 5.92 Å². The highest BCUT2D eigenvalue weighted by Crippen LogP contribution is 2.22. The van der Waals surface area contributed by atoms with Crippen molar-refractivity contribution in [3.05, 3.63) is 29.6 Å². The van der Waals surface area contributed by atoms with Gasteiger partial charge in [0.1, 0.15) is 5.78 Å². The average Bonchev–Trinajstić information content (AvgIpc) is 2.48. The van der Waals surface area contributed by atoms with Crippen molar-refractivity contribution in [2.45, 2.75) is 32.1 Å². The fourth-order valence-corrected chi connectivity index (χ4v) is 2.69. The van der Waals surface area contributed by atoms with E-state index in [0.29, 0.717) is 17.9 Å². The zero-order valence-electron chi connectivity index (χ0n) is 12.0. The minimum atomic E-state index is -0.414. The van der Waals surface area contributed by atoms with Crippen molar-refractivity contribution in [3.8, 4) is 5.75 Å². The predicted molar refractivity (Wildman–Crippen MR) is 76.5 cm³/mol. The Morgan fingerprint density at radius 3 is 3.05 bits per heavy atom. The maximum atomic E-state index is 13.9. The van der Waals surface area contributed by atoms with E-state index in [1.807, 2.05) is 0 Å². The molecule has 0 aliphatic carbocycles. The molecule has 1 aliphatic rings. The van der Waals surface area contributed by atoms with Gasteiger partial charge in [-0.3, -0.25) is 4.79 Å². The van der Waals surface area contributed by atoms with Crippen LogP contribution >= 0.6 is 0 Å². The number of carbonyl (C=O) groups excluding carboxylic acids is 1. The number of ether oxygens (including phenoxy) is 1. The summed E-state index contributed by atoms with van der Waals surface area (Å²) in [5.41, 5.74) is 0.427. The molecule has 0 bridgehead atoms. The molecule has 1 aromatic rings. The summed E-state index contributed by atoms with van der Waals surface area (Å²) in [5, 5.41) is 3.34. The van der Waals surface area contributed by atoms with Crippen LogP contribution in [0.4, 0.5) is 4.39 Å².